The molecule has 20 heavy (non-hydrogen) atoms. The molecule has 1 aromatic heterocycles. The van der Waals surface area contributed by atoms with Gasteiger partial charge in [0.15, 0.2) is 11.0 Å². The van der Waals surface area contributed by atoms with Crippen molar-refractivity contribution in [1.29, 1.82) is 5.26 Å². The van der Waals surface area contributed by atoms with Crippen molar-refractivity contribution in [3.8, 4) is 17.6 Å². The molecule has 0 bridgehead atoms. The first-order valence-corrected chi connectivity index (χ1v) is 6.88. The SMILES string of the molecule is COc1ccc(OCc2nnc(SCC#N)n2C)cc1. The van der Waals surface area contributed by atoms with E-state index in [1.165, 1.54) is 11.8 Å². The second kappa shape index (κ2) is 6.82. The number of rotatable bonds is 6. The summed E-state index contributed by atoms with van der Waals surface area (Å²) < 4.78 is 12.5. The van der Waals surface area contributed by atoms with E-state index in [-0.39, 0.29) is 0 Å². The van der Waals surface area contributed by atoms with E-state index in [0.29, 0.717) is 23.3 Å². The van der Waals surface area contributed by atoms with Gasteiger partial charge in [0.05, 0.1) is 18.9 Å². The first-order valence-electron chi connectivity index (χ1n) is 5.89. The molecule has 1 aromatic carbocycles. The predicted octanol–water partition coefficient (Wildman–Crippen LogP) is 2.02. The summed E-state index contributed by atoms with van der Waals surface area (Å²) in [6.07, 6.45) is 0. The van der Waals surface area contributed by atoms with Crippen LogP contribution in [-0.4, -0.2) is 27.6 Å². The van der Waals surface area contributed by atoms with Crippen molar-refractivity contribution in [2.24, 2.45) is 7.05 Å². The van der Waals surface area contributed by atoms with Gasteiger partial charge in [0.25, 0.3) is 0 Å². The van der Waals surface area contributed by atoms with Crippen LogP contribution in [0.1, 0.15) is 5.82 Å². The molecule has 104 valence electrons. The second-order valence-electron chi connectivity index (χ2n) is 3.87. The largest absolute Gasteiger partial charge is 0.497 e. The minimum Gasteiger partial charge on any atom is -0.497 e. The number of aromatic nitrogens is 3. The van der Waals surface area contributed by atoms with E-state index in [2.05, 4.69) is 16.3 Å². The third-order valence-electron chi connectivity index (χ3n) is 2.62. The molecular formula is C13H14N4O2S. The Morgan fingerprint density at radius 2 is 1.95 bits per heavy atom. The van der Waals surface area contributed by atoms with Crippen LogP contribution in [-0.2, 0) is 13.7 Å². The summed E-state index contributed by atoms with van der Waals surface area (Å²) in [4.78, 5) is 0. The Morgan fingerprint density at radius 3 is 2.60 bits per heavy atom. The maximum atomic E-state index is 8.56. The van der Waals surface area contributed by atoms with E-state index in [0.717, 1.165) is 11.5 Å². The Hall–Kier alpha value is -2.20. The van der Waals surface area contributed by atoms with Gasteiger partial charge in [0.1, 0.15) is 18.1 Å². The maximum Gasteiger partial charge on any atom is 0.192 e. The molecular weight excluding hydrogens is 276 g/mol. The van der Waals surface area contributed by atoms with Gasteiger partial charge < -0.3 is 14.0 Å². The van der Waals surface area contributed by atoms with Gasteiger partial charge in [-0.15, -0.1) is 10.2 Å². The zero-order valence-electron chi connectivity index (χ0n) is 11.2. The molecule has 0 saturated heterocycles. The number of hydrogen-bond donors (Lipinski definition) is 0. The number of nitrogens with zero attached hydrogens (tertiary/aromatic N) is 4. The van der Waals surface area contributed by atoms with E-state index < -0.39 is 0 Å². The Bertz CT molecular complexity index is 604. The lowest BCUT2D eigenvalue weighted by molar-refractivity contribution is 0.290. The Labute approximate surface area is 121 Å². The standard InChI is InChI=1S/C13H14N4O2S/c1-17-12(15-16-13(17)20-8-7-14)9-19-11-5-3-10(18-2)4-6-11/h3-6H,8-9H2,1-2H3. The monoisotopic (exact) mass is 290 g/mol. The fourth-order valence-electron chi connectivity index (χ4n) is 1.51. The molecule has 0 aliphatic rings. The molecule has 0 unspecified atom stereocenters. The van der Waals surface area contributed by atoms with Crippen molar-refractivity contribution in [1.82, 2.24) is 14.8 Å². The molecule has 0 amide bonds. The summed E-state index contributed by atoms with van der Waals surface area (Å²) in [5.41, 5.74) is 0. The van der Waals surface area contributed by atoms with Gasteiger partial charge in [-0.2, -0.15) is 5.26 Å². The normalized spacial score (nSPS) is 10.1. The molecule has 0 aliphatic heterocycles. The molecule has 0 aliphatic carbocycles. The van der Waals surface area contributed by atoms with Crippen LogP contribution in [0.25, 0.3) is 0 Å². The van der Waals surface area contributed by atoms with Crippen LogP contribution in [0.2, 0.25) is 0 Å². The summed E-state index contributed by atoms with van der Waals surface area (Å²) in [5.74, 6) is 2.58. The third kappa shape index (κ3) is 3.42. The Balaban J connectivity index is 1.96. The van der Waals surface area contributed by atoms with E-state index in [1.807, 2.05) is 35.9 Å². The number of methoxy groups -OCH3 is 1. The number of ether oxygens (including phenoxy) is 2. The average molecular weight is 290 g/mol. The van der Waals surface area contributed by atoms with Crippen LogP contribution in [0.15, 0.2) is 29.4 Å². The fraction of sp³-hybridized carbons (Fsp3) is 0.308. The number of thioether (sulfide) groups is 1. The van der Waals surface area contributed by atoms with Crippen molar-refractivity contribution in [3.63, 3.8) is 0 Å². The topological polar surface area (TPSA) is 73.0 Å². The van der Waals surface area contributed by atoms with Crippen LogP contribution in [0.4, 0.5) is 0 Å². The summed E-state index contributed by atoms with van der Waals surface area (Å²) in [6.45, 7) is 0.322. The highest BCUT2D eigenvalue weighted by atomic mass is 32.2. The third-order valence-corrected chi connectivity index (χ3v) is 3.51. The maximum absolute atomic E-state index is 8.56. The fourth-order valence-corrected chi connectivity index (χ4v) is 2.10. The van der Waals surface area contributed by atoms with Crippen LogP contribution < -0.4 is 9.47 Å². The molecule has 0 saturated carbocycles. The summed E-state index contributed by atoms with van der Waals surface area (Å²) >= 11 is 1.35. The first-order chi connectivity index (χ1) is 9.74. The van der Waals surface area contributed by atoms with Crippen molar-refractivity contribution >= 4 is 11.8 Å². The van der Waals surface area contributed by atoms with Gasteiger partial charge in [-0.25, -0.2) is 0 Å². The molecule has 0 fully saturated rings. The molecule has 1 heterocycles. The van der Waals surface area contributed by atoms with Crippen LogP contribution >= 0.6 is 11.8 Å². The Morgan fingerprint density at radius 1 is 1.25 bits per heavy atom. The van der Waals surface area contributed by atoms with Crippen LogP contribution in [0.5, 0.6) is 11.5 Å². The molecule has 0 N–H and O–H groups in total. The smallest absolute Gasteiger partial charge is 0.192 e. The lowest BCUT2D eigenvalue weighted by atomic mass is 10.3. The molecule has 0 spiro atoms. The summed E-state index contributed by atoms with van der Waals surface area (Å²) in [6, 6.07) is 9.39. The van der Waals surface area contributed by atoms with Gasteiger partial charge in [0, 0.05) is 7.05 Å². The molecule has 2 aromatic rings. The van der Waals surface area contributed by atoms with Crippen LogP contribution in [0.3, 0.4) is 0 Å². The summed E-state index contributed by atoms with van der Waals surface area (Å²) in [5, 5.41) is 17.3. The average Bonchev–Trinajstić information content (AvgIpc) is 2.84. The summed E-state index contributed by atoms with van der Waals surface area (Å²) in [7, 11) is 3.47. The van der Waals surface area contributed by atoms with Crippen molar-refractivity contribution in [2.45, 2.75) is 11.8 Å². The molecule has 6 nitrogen and oxygen atoms in total. The molecule has 2 rings (SSSR count). The van der Waals surface area contributed by atoms with Gasteiger partial charge in [0.2, 0.25) is 0 Å². The van der Waals surface area contributed by atoms with Crippen molar-refractivity contribution < 1.29 is 9.47 Å². The highest BCUT2D eigenvalue weighted by Crippen LogP contribution is 2.19. The van der Waals surface area contributed by atoms with E-state index in [9.17, 15) is 0 Å². The zero-order valence-corrected chi connectivity index (χ0v) is 12.1. The molecule has 7 heteroatoms. The van der Waals surface area contributed by atoms with Gasteiger partial charge in [-0.1, -0.05) is 11.8 Å². The van der Waals surface area contributed by atoms with Gasteiger partial charge >= 0.3 is 0 Å². The number of nitriles is 1. The number of hydrogen-bond acceptors (Lipinski definition) is 6. The van der Waals surface area contributed by atoms with Crippen molar-refractivity contribution in [2.75, 3.05) is 12.9 Å². The minimum absolute atomic E-state index is 0.322. The second-order valence-corrected chi connectivity index (χ2v) is 4.81. The van der Waals surface area contributed by atoms with E-state index >= 15 is 0 Å². The van der Waals surface area contributed by atoms with E-state index in [1.54, 1.807) is 7.11 Å². The van der Waals surface area contributed by atoms with E-state index in [4.69, 9.17) is 14.7 Å². The van der Waals surface area contributed by atoms with Crippen molar-refractivity contribution in [3.05, 3.63) is 30.1 Å². The molecule has 0 radical (unpaired) electrons. The first kappa shape index (κ1) is 14.2. The highest BCUT2D eigenvalue weighted by Gasteiger charge is 2.09. The molecule has 0 atom stereocenters. The zero-order chi connectivity index (χ0) is 14.4. The minimum atomic E-state index is 0.322. The predicted molar refractivity (Wildman–Crippen MR) is 74.7 cm³/mol. The van der Waals surface area contributed by atoms with Gasteiger partial charge in [-0.05, 0) is 24.3 Å². The lowest BCUT2D eigenvalue weighted by Crippen LogP contribution is -2.04. The highest BCUT2D eigenvalue weighted by molar-refractivity contribution is 7.99. The van der Waals surface area contributed by atoms with Gasteiger partial charge in [-0.3, -0.25) is 0 Å². The van der Waals surface area contributed by atoms with Crippen LogP contribution in [0, 0.1) is 11.3 Å². The lowest BCUT2D eigenvalue weighted by Gasteiger charge is -2.07. The Kier molecular flexibility index (Phi) is 4.85. The number of benzene rings is 1. The quantitative estimate of drug-likeness (QED) is 0.758.